The third kappa shape index (κ3) is 3.68. The number of hydrogen-bond acceptors (Lipinski definition) is 4. The summed E-state index contributed by atoms with van der Waals surface area (Å²) in [5.41, 5.74) is 8.20. The lowest BCUT2D eigenvalue weighted by atomic mass is 10.1. The minimum absolute atomic E-state index is 0.0426. The molecule has 24 heavy (non-hydrogen) atoms. The van der Waals surface area contributed by atoms with Gasteiger partial charge in [-0.15, -0.1) is 0 Å². The van der Waals surface area contributed by atoms with Crippen LogP contribution in [-0.2, 0) is 17.8 Å². The minimum Gasteiger partial charge on any atom is -0.454 e. The topological polar surface area (TPSA) is 64.8 Å². The molecule has 1 aliphatic rings. The van der Waals surface area contributed by atoms with Crippen molar-refractivity contribution < 1.29 is 14.3 Å². The first-order valence-corrected chi connectivity index (χ1v) is 8.14. The van der Waals surface area contributed by atoms with Crippen LogP contribution in [0.2, 0.25) is 0 Å². The number of ether oxygens (including phenoxy) is 2. The summed E-state index contributed by atoms with van der Waals surface area (Å²) in [4.78, 5) is 14.4. The van der Waals surface area contributed by atoms with Crippen LogP contribution in [0.3, 0.4) is 0 Å². The number of rotatable bonds is 6. The van der Waals surface area contributed by atoms with E-state index in [1.165, 1.54) is 0 Å². The average Bonchev–Trinajstić information content (AvgIpc) is 3.07. The first-order chi connectivity index (χ1) is 11.7. The van der Waals surface area contributed by atoms with Crippen LogP contribution in [-0.4, -0.2) is 30.2 Å². The van der Waals surface area contributed by atoms with Gasteiger partial charge in [0.25, 0.3) is 0 Å². The number of fused-ring (bicyclic) bond motifs is 1. The highest BCUT2D eigenvalue weighted by molar-refractivity contribution is 5.82. The molecule has 1 atom stereocenters. The largest absolute Gasteiger partial charge is 0.454 e. The normalized spacial score (nSPS) is 13.6. The van der Waals surface area contributed by atoms with E-state index in [0.29, 0.717) is 19.5 Å². The number of amides is 1. The molecule has 0 aromatic heterocycles. The molecule has 1 heterocycles. The summed E-state index contributed by atoms with van der Waals surface area (Å²) in [5.74, 6) is 1.43. The second-order valence-electron chi connectivity index (χ2n) is 5.84. The summed E-state index contributed by atoms with van der Waals surface area (Å²) in [5, 5.41) is 0. The van der Waals surface area contributed by atoms with Gasteiger partial charge in [-0.05, 0) is 36.6 Å². The van der Waals surface area contributed by atoms with E-state index in [-0.39, 0.29) is 12.7 Å². The van der Waals surface area contributed by atoms with Crippen molar-refractivity contribution in [2.24, 2.45) is 5.73 Å². The molecule has 2 aromatic rings. The van der Waals surface area contributed by atoms with Gasteiger partial charge in [-0.25, -0.2) is 0 Å². The van der Waals surface area contributed by atoms with Gasteiger partial charge in [-0.2, -0.15) is 0 Å². The van der Waals surface area contributed by atoms with E-state index < -0.39 is 6.04 Å². The monoisotopic (exact) mass is 326 g/mol. The first kappa shape index (κ1) is 16.3. The zero-order valence-electron chi connectivity index (χ0n) is 13.8. The fraction of sp³-hybridized carbons (Fsp3) is 0.316. The molecule has 0 saturated carbocycles. The Morgan fingerprint density at radius 2 is 1.88 bits per heavy atom. The van der Waals surface area contributed by atoms with Crippen molar-refractivity contribution in [3.8, 4) is 11.5 Å². The number of carbonyl (C=O) groups is 1. The maximum Gasteiger partial charge on any atom is 0.240 e. The van der Waals surface area contributed by atoms with Gasteiger partial charge in [0.05, 0.1) is 6.04 Å². The number of benzene rings is 2. The molecule has 3 rings (SSSR count). The zero-order chi connectivity index (χ0) is 16.9. The molecule has 2 N–H and O–H groups in total. The zero-order valence-corrected chi connectivity index (χ0v) is 13.8. The molecule has 0 saturated heterocycles. The Morgan fingerprint density at radius 3 is 2.62 bits per heavy atom. The third-order valence-corrected chi connectivity index (χ3v) is 4.12. The van der Waals surface area contributed by atoms with Crippen molar-refractivity contribution >= 4 is 5.91 Å². The minimum atomic E-state index is -0.540. The van der Waals surface area contributed by atoms with Gasteiger partial charge in [0.1, 0.15) is 0 Å². The number of carbonyl (C=O) groups excluding carboxylic acids is 1. The fourth-order valence-electron chi connectivity index (χ4n) is 2.80. The van der Waals surface area contributed by atoms with Gasteiger partial charge in [0.15, 0.2) is 11.5 Å². The Morgan fingerprint density at radius 1 is 1.12 bits per heavy atom. The molecule has 126 valence electrons. The molecule has 5 nitrogen and oxygen atoms in total. The Kier molecular flexibility index (Phi) is 5.01. The van der Waals surface area contributed by atoms with E-state index in [0.717, 1.165) is 22.6 Å². The molecule has 5 heteroatoms. The number of nitrogens with zero attached hydrogens (tertiary/aromatic N) is 1. The molecule has 1 unspecified atom stereocenters. The molecule has 2 aromatic carbocycles. The Hall–Kier alpha value is -2.53. The lowest BCUT2D eigenvalue weighted by Gasteiger charge is -2.24. The van der Waals surface area contributed by atoms with Crippen LogP contribution in [0, 0.1) is 0 Å². The summed E-state index contributed by atoms with van der Waals surface area (Å²) < 4.78 is 10.7. The molecular formula is C19H22N2O3. The van der Waals surface area contributed by atoms with Crippen LogP contribution in [0.15, 0.2) is 48.5 Å². The Balaban J connectivity index is 1.65. The van der Waals surface area contributed by atoms with Crippen molar-refractivity contribution in [1.29, 1.82) is 0 Å². The first-order valence-electron chi connectivity index (χ1n) is 8.14. The third-order valence-electron chi connectivity index (χ3n) is 4.12. The highest BCUT2D eigenvalue weighted by Gasteiger charge is 2.21. The second kappa shape index (κ2) is 7.36. The summed E-state index contributed by atoms with van der Waals surface area (Å²) in [6, 6.07) is 15.0. The van der Waals surface area contributed by atoms with Gasteiger partial charge in [-0.1, -0.05) is 36.4 Å². The number of nitrogens with two attached hydrogens (primary N) is 1. The van der Waals surface area contributed by atoms with Crippen LogP contribution in [0.25, 0.3) is 0 Å². The van der Waals surface area contributed by atoms with Crippen LogP contribution in [0.5, 0.6) is 11.5 Å². The maximum atomic E-state index is 12.7. The molecule has 1 aliphatic heterocycles. The van der Waals surface area contributed by atoms with Crippen molar-refractivity contribution in [1.82, 2.24) is 4.90 Å². The predicted molar refractivity (Wildman–Crippen MR) is 91.8 cm³/mol. The standard InChI is InChI=1S/C19H22N2O3/c1-2-21(12-15-8-9-17-18(11-15)24-13-23-17)19(22)16(20)10-14-6-4-3-5-7-14/h3-9,11,16H,2,10,12-13,20H2,1H3. The predicted octanol–water partition coefficient (Wildman–Crippen LogP) is 2.33. The van der Waals surface area contributed by atoms with E-state index >= 15 is 0 Å². The fourth-order valence-corrected chi connectivity index (χ4v) is 2.80. The number of hydrogen-bond donors (Lipinski definition) is 1. The van der Waals surface area contributed by atoms with Gasteiger partial charge < -0.3 is 20.1 Å². The van der Waals surface area contributed by atoms with E-state index in [2.05, 4.69) is 0 Å². The smallest absolute Gasteiger partial charge is 0.240 e. The lowest BCUT2D eigenvalue weighted by Crippen LogP contribution is -2.44. The van der Waals surface area contributed by atoms with Crippen molar-refractivity contribution in [2.45, 2.75) is 25.9 Å². The average molecular weight is 326 g/mol. The molecule has 0 aliphatic carbocycles. The van der Waals surface area contributed by atoms with E-state index in [1.807, 2.05) is 55.5 Å². The molecule has 0 spiro atoms. The van der Waals surface area contributed by atoms with Crippen LogP contribution < -0.4 is 15.2 Å². The highest BCUT2D eigenvalue weighted by Crippen LogP contribution is 2.32. The molecule has 0 fully saturated rings. The van der Waals surface area contributed by atoms with Gasteiger partial charge in [0.2, 0.25) is 12.7 Å². The van der Waals surface area contributed by atoms with Gasteiger partial charge in [-0.3, -0.25) is 4.79 Å². The van der Waals surface area contributed by atoms with Gasteiger partial charge >= 0.3 is 0 Å². The Bertz CT molecular complexity index is 703. The van der Waals surface area contributed by atoms with Gasteiger partial charge in [0, 0.05) is 13.1 Å². The van der Waals surface area contributed by atoms with E-state index in [1.54, 1.807) is 4.90 Å². The quantitative estimate of drug-likeness (QED) is 0.885. The summed E-state index contributed by atoms with van der Waals surface area (Å²) >= 11 is 0. The summed E-state index contributed by atoms with van der Waals surface area (Å²) in [7, 11) is 0. The van der Waals surface area contributed by atoms with E-state index in [9.17, 15) is 4.79 Å². The molecular weight excluding hydrogens is 304 g/mol. The van der Waals surface area contributed by atoms with Crippen LogP contribution in [0.1, 0.15) is 18.1 Å². The SMILES string of the molecule is CCN(Cc1ccc2c(c1)OCO2)C(=O)C(N)Cc1ccccc1. The molecule has 0 radical (unpaired) electrons. The van der Waals surface area contributed by atoms with E-state index in [4.69, 9.17) is 15.2 Å². The van der Waals surface area contributed by atoms with Crippen LogP contribution in [0.4, 0.5) is 0 Å². The summed E-state index contributed by atoms with van der Waals surface area (Å²) in [6.07, 6.45) is 0.539. The molecule has 0 bridgehead atoms. The maximum absolute atomic E-state index is 12.7. The highest BCUT2D eigenvalue weighted by atomic mass is 16.7. The van der Waals surface area contributed by atoms with Crippen molar-refractivity contribution in [3.63, 3.8) is 0 Å². The number of likely N-dealkylation sites (N-methyl/N-ethyl adjacent to an activating group) is 1. The summed E-state index contributed by atoms with van der Waals surface area (Å²) in [6.45, 7) is 3.32. The van der Waals surface area contributed by atoms with Crippen LogP contribution >= 0.6 is 0 Å². The van der Waals surface area contributed by atoms with Crippen molar-refractivity contribution in [3.05, 3.63) is 59.7 Å². The van der Waals surface area contributed by atoms with Crippen molar-refractivity contribution in [2.75, 3.05) is 13.3 Å². The lowest BCUT2D eigenvalue weighted by molar-refractivity contribution is -0.133. The Labute approximate surface area is 142 Å². The second-order valence-corrected chi connectivity index (χ2v) is 5.84. The molecule has 1 amide bonds.